The summed E-state index contributed by atoms with van der Waals surface area (Å²) in [5, 5.41) is 12.5. The van der Waals surface area contributed by atoms with Crippen LogP contribution in [0, 0.1) is 0 Å². The van der Waals surface area contributed by atoms with Crippen LogP contribution in [0.3, 0.4) is 0 Å². The summed E-state index contributed by atoms with van der Waals surface area (Å²) in [5.74, 6) is 5.71. The molecule has 1 aliphatic heterocycles. The molecule has 4 rings (SSSR count). The van der Waals surface area contributed by atoms with Crippen LogP contribution in [-0.4, -0.2) is 52.2 Å². The van der Waals surface area contributed by atoms with Crippen LogP contribution in [-0.2, 0) is 4.79 Å². The van der Waals surface area contributed by atoms with E-state index in [0.717, 1.165) is 23.9 Å². The standard InChI is InChI=1S/C24H28N6O2/c25-30(16-5-15-29-13-3-4-14-29)17-12-22(31)26-19-10-8-18(9-11-19)23-20-6-1-2-7-21(20)24(32)28-27-23/h1-2,6-12,17H,3-5,13-16,25H2,(H,26,31)(H,28,32)/b17-12+. The molecular formula is C24H28N6O2. The van der Waals surface area contributed by atoms with Crippen LogP contribution in [0.15, 0.2) is 65.6 Å². The number of H-pyrrole nitrogens is 1. The number of nitrogens with two attached hydrogens (primary N) is 1. The van der Waals surface area contributed by atoms with E-state index in [1.165, 1.54) is 32.0 Å². The van der Waals surface area contributed by atoms with E-state index in [9.17, 15) is 9.59 Å². The molecule has 1 fully saturated rings. The molecule has 1 saturated heterocycles. The first-order chi connectivity index (χ1) is 15.6. The van der Waals surface area contributed by atoms with Crippen LogP contribution in [0.25, 0.3) is 22.0 Å². The number of nitrogens with one attached hydrogen (secondary N) is 2. The van der Waals surface area contributed by atoms with Gasteiger partial charge in [-0.2, -0.15) is 5.10 Å². The minimum absolute atomic E-state index is 0.218. The fourth-order valence-corrected chi connectivity index (χ4v) is 3.95. The maximum Gasteiger partial charge on any atom is 0.272 e. The van der Waals surface area contributed by atoms with Gasteiger partial charge in [0.15, 0.2) is 0 Å². The van der Waals surface area contributed by atoms with Crippen molar-refractivity contribution in [2.24, 2.45) is 5.84 Å². The van der Waals surface area contributed by atoms with E-state index in [1.807, 2.05) is 30.3 Å². The van der Waals surface area contributed by atoms with Crippen molar-refractivity contribution in [3.8, 4) is 11.3 Å². The van der Waals surface area contributed by atoms with Gasteiger partial charge in [-0.15, -0.1) is 0 Å². The second kappa shape index (κ2) is 10.2. The molecule has 0 bridgehead atoms. The molecule has 3 aromatic rings. The molecule has 8 heteroatoms. The van der Waals surface area contributed by atoms with Gasteiger partial charge in [0.1, 0.15) is 0 Å². The fraction of sp³-hybridized carbons (Fsp3) is 0.292. The molecule has 8 nitrogen and oxygen atoms in total. The third kappa shape index (κ3) is 5.40. The third-order valence-electron chi connectivity index (χ3n) is 5.63. The summed E-state index contributed by atoms with van der Waals surface area (Å²) in [7, 11) is 0. The van der Waals surface area contributed by atoms with E-state index in [0.29, 0.717) is 23.3 Å². The summed E-state index contributed by atoms with van der Waals surface area (Å²) in [6.45, 7) is 4.10. The monoisotopic (exact) mass is 432 g/mol. The first-order valence-electron chi connectivity index (χ1n) is 10.9. The number of likely N-dealkylation sites (tertiary alicyclic amines) is 1. The van der Waals surface area contributed by atoms with E-state index in [1.54, 1.807) is 29.4 Å². The number of carbonyl (C=O) groups is 1. The number of fused-ring (bicyclic) bond motifs is 1. The Balaban J connectivity index is 1.32. The number of aromatic nitrogens is 2. The zero-order valence-corrected chi connectivity index (χ0v) is 18.0. The molecule has 2 aromatic carbocycles. The van der Waals surface area contributed by atoms with Gasteiger partial charge in [0.25, 0.3) is 5.56 Å². The lowest BCUT2D eigenvalue weighted by molar-refractivity contribution is -0.112. The number of benzene rings is 2. The average molecular weight is 433 g/mol. The second-order valence-corrected chi connectivity index (χ2v) is 7.97. The van der Waals surface area contributed by atoms with Gasteiger partial charge >= 0.3 is 0 Å². The maximum atomic E-state index is 12.2. The summed E-state index contributed by atoms with van der Waals surface area (Å²) < 4.78 is 0. The zero-order chi connectivity index (χ0) is 22.3. The number of hydrogen-bond donors (Lipinski definition) is 3. The molecule has 0 atom stereocenters. The summed E-state index contributed by atoms with van der Waals surface area (Å²) in [6.07, 6.45) is 6.57. The van der Waals surface area contributed by atoms with Crippen molar-refractivity contribution in [2.45, 2.75) is 19.3 Å². The van der Waals surface area contributed by atoms with Crippen molar-refractivity contribution in [2.75, 3.05) is 31.5 Å². The van der Waals surface area contributed by atoms with Crippen LogP contribution in [0.2, 0.25) is 0 Å². The fourth-order valence-electron chi connectivity index (χ4n) is 3.95. The highest BCUT2D eigenvalue weighted by atomic mass is 16.1. The van der Waals surface area contributed by atoms with Crippen molar-refractivity contribution >= 4 is 22.4 Å². The van der Waals surface area contributed by atoms with Crippen molar-refractivity contribution in [1.82, 2.24) is 20.1 Å². The van der Waals surface area contributed by atoms with Crippen LogP contribution < -0.4 is 16.7 Å². The normalized spacial score (nSPS) is 14.3. The molecule has 166 valence electrons. The van der Waals surface area contributed by atoms with E-state index >= 15 is 0 Å². The van der Waals surface area contributed by atoms with Gasteiger partial charge < -0.3 is 15.2 Å². The van der Waals surface area contributed by atoms with E-state index < -0.39 is 0 Å². The molecule has 0 radical (unpaired) electrons. The number of aromatic amines is 1. The first kappa shape index (κ1) is 21.7. The van der Waals surface area contributed by atoms with Crippen LogP contribution >= 0.6 is 0 Å². The second-order valence-electron chi connectivity index (χ2n) is 7.97. The van der Waals surface area contributed by atoms with Gasteiger partial charge in [-0.05, 0) is 57.1 Å². The summed E-state index contributed by atoms with van der Waals surface area (Å²) in [5.41, 5.74) is 1.97. The highest BCUT2D eigenvalue weighted by Crippen LogP contribution is 2.25. The number of anilines is 1. The number of amides is 1. The van der Waals surface area contributed by atoms with E-state index in [4.69, 9.17) is 5.84 Å². The number of hydrogen-bond acceptors (Lipinski definition) is 6. The number of rotatable bonds is 8. The predicted octanol–water partition coefficient (Wildman–Crippen LogP) is 2.70. The summed E-state index contributed by atoms with van der Waals surface area (Å²) in [4.78, 5) is 26.6. The Kier molecular flexibility index (Phi) is 6.94. The van der Waals surface area contributed by atoms with Gasteiger partial charge in [0.05, 0.1) is 11.1 Å². The molecule has 1 aliphatic rings. The number of nitrogens with zero attached hydrogens (tertiary/aromatic N) is 3. The summed E-state index contributed by atoms with van der Waals surface area (Å²) in [6, 6.07) is 14.7. The third-order valence-corrected chi connectivity index (χ3v) is 5.63. The minimum atomic E-state index is -0.250. The smallest absolute Gasteiger partial charge is 0.272 e. The van der Waals surface area contributed by atoms with Gasteiger partial charge in [-0.25, -0.2) is 10.9 Å². The van der Waals surface area contributed by atoms with Crippen molar-refractivity contribution < 1.29 is 4.79 Å². The van der Waals surface area contributed by atoms with Gasteiger partial charge in [0, 0.05) is 35.5 Å². The van der Waals surface area contributed by atoms with Crippen molar-refractivity contribution in [3.63, 3.8) is 0 Å². The van der Waals surface area contributed by atoms with E-state index in [2.05, 4.69) is 20.4 Å². The Morgan fingerprint density at radius 1 is 1.12 bits per heavy atom. The average Bonchev–Trinajstić information content (AvgIpc) is 3.32. The molecule has 0 aliphatic carbocycles. The number of carbonyl (C=O) groups excluding carboxylic acids is 1. The first-order valence-corrected chi connectivity index (χ1v) is 10.9. The zero-order valence-electron chi connectivity index (χ0n) is 18.0. The van der Waals surface area contributed by atoms with Crippen molar-refractivity contribution in [3.05, 3.63) is 71.2 Å². The SMILES string of the molecule is NN(/C=C/C(=O)Nc1ccc(-c2n[nH]c(=O)c3ccccc23)cc1)CCCN1CCCC1. The molecule has 32 heavy (non-hydrogen) atoms. The Morgan fingerprint density at radius 2 is 1.84 bits per heavy atom. The van der Waals surface area contributed by atoms with Gasteiger partial charge in [0.2, 0.25) is 5.91 Å². The number of hydrazine groups is 1. The van der Waals surface area contributed by atoms with Crippen LogP contribution in [0.4, 0.5) is 5.69 Å². The molecule has 1 aromatic heterocycles. The topological polar surface area (TPSA) is 107 Å². The lowest BCUT2D eigenvalue weighted by Gasteiger charge is -2.17. The highest BCUT2D eigenvalue weighted by Gasteiger charge is 2.11. The van der Waals surface area contributed by atoms with Crippen molar-refractivity contribution in [1.29, 1.82) is 0 Å². The molecule has 0 saturated carbocycles. The van der Waals surface area contributed by atoms with E-state index in [-0.39, 0.29) is 11.5 Å². The molecular weight excluding hydrogens is 404 g/mol. The van der Waals surface area contributed by atoms with Crippen LogP contribution in [0.1, 0.15) is 19.3 Å². The predicted molar refractivity (Wildman–Crippen MR) is 127 cm³/mol. The van der Waals surface area contributed by atoms with Gasteiger partial charge in [-0.1, -0.05) is 30.3 Å². The quantitative estimate of drug-likeness (QED) is 0.287. The highest BCUT2D eigenvalue weighted by molar-refractivity contribution is 5.99. The molecule has 1 amide bonds. The largest absolute Gasteiger partial charge is 0.322 e. The minimum Gasteiger partial charge on any atom is -0.322 e. The molecule has 4 N–H and O–H groups in total. The Hall–Kier alpha value is -3.49. The molecule has 0 unspecified atom stereocenters. The Bertz CT molecular complexity index is 1150. The van der Waals surface area contributed by atoms with Crippen LogP contribution in [0.5, 0.6) is 0 Å². The van der Waals surface area contributed by atoms with Gasteiger partial charge in [-0.3, -0.25) is 9.59 Å². The molecule has 2 heterocycles. The molecule has 0 spiro atoms. The lowest BCUT2D eigenvalue weighted by atomic mass is 10.0. The Morgan fingerprint density at radius 3 is 2.59 bits per heavy atom. The lowest BCUT2D eigenvalue weighted by Crippen LogP contribution is -2.30. The summed E-state index contributed by atoms with van der Waals surface area (Å²) >= 11 is 0. The Labute approximate surface area is 186 Å². The maximum absolute atomic E-state index is 12.2.